The van der Waals surface area contributed by atoms with E-state index in [-0.39, 0.29) is 5.91 Å². The third-order valence-electron chi connectivity index (χ3n) is 5.48. The van der Waals surface area contributed by atoms with Crippen molar-refractivity contribution in [3.05, 3.63) is 71.3 Å². The number of carbonyl (C=O) groups is 1. The van der Waals surface area contributed by atoms with E-state index in [0.717, 1.165) is 48.2 Å². The van der Waals surface area contributed by atoms with Gasteiger partial charge in [0.2, 0.25) is 5.13 Å². The molecule has 2 aromatic carbocycles. The van der Waals surface area contributed by atoms with E-state index in [9.17, 15) is 9.18 Å². The number of halogens is 1. The molecule has 3 aromatic rings. The van der Waals surface area contributed by atoms with Gasteiger partial charge in [-0.3, -0.25) is 4.79 Å². The standard InChI is InChI=1S/C23H25FN4O2S/c1-30-20-7-2-4-17(12-20)13-21-26-23(31-27-21)28-10-8-16(9-11-28)15-25-22(29)18-5-3-6-19(24)14-18/h2-7,12,14,16H,8-11,13,15H2,1H3,(H,25,29). The van der Waals surface area contributed by atoms with Crippen molar-refractivity contribution in [3.8, 4) is 5.75 Å². The van der Waals surface area contributed by atoms with Gasteiger partial charge in [-0.15, -0.1) is 0 Å². The highest BCUT2D eigenvalue weighted by Gasteiger charge is 2.22. The van der Waals surface area contributed by atoms with Gasteiger partial charge in [0, 0.05) is 43.2 Å². The average molecular weight is 441 g/mol. The van der Waals surface area contributed by atoms with Crippen LogP contribution < -0.4 is 15.0 Å². The highest BCUT2D eigenvalue weighted by atomic mass is 32.1. The Kier molecular flexibility index (Phi) is 6.76. The molecule has 1 aliphatic rings. The Morgan fingerprint density at radius 1 is 1.23 bits per heavy atom. The van der Waals surface area contributed by atoms with Gasteiger partial charge < -0.3 is 15.0 Å². The first-order valence-electron chi connectivity index (χ1n) is 10.3. The highest BCUT2D eigenvalue weighted by Crippen LogP contribution is 2.25. The first-order chi connectivity index (χ1) is 15.1. The fraction of sp³-hybridized carbons (Fsp3) is 0.348. The van der Waals surface area contributed by atoms with Crippen LogP contribution in [0.25, 0.3) is 0 Å². The number of methoxy groups -OCH3 is 1. The molecule has 4 rings (SSSR count). The smallest absolute Gasteiger partial charge is 0.251 e. The number of nitrogens with zero attached hydrogens (tertiary/aromatic N) is 3. The summed E-state index contributed by atoms with van der Waals surface area (Å²) in [6.07, 6.45) is 2.61. The Labute approximate surface area is 185 Å². The molecule has 1 amide bonds. The second kappa shape index (κ2) is 9.87. The molecule has 0 spiro atoms. The number of carbonyl (C=O) groups excluding carboxylic acids is 1. The number of hydrogen-bond donors (Lipinski definition) is 1. The summed E-state index contributed by atoms with van der Waals surface area (Å²) in [5.41, 5.74) is 1.48. The van der Waals surface area contributed by atoms with Crippen LogP contribution in [0.4, 0.5) is 9.52 Å². The zero-order chi connectivity index (χ0) is 21.6. The Morgan fingerprint density at radius 3 is 2.81 bits per heavy atom. The van der Waals surface area contributed by atoms with Crippen molar-refractivity contribution in [3.63, 3.8) is 0 Å². The van der Waals surface area contributed by atoms with Gasteiger partial charge in [-0.05, 0) is 54.7 Å². The maximum absolute atomic E-state index is 13.3. The number of rotatable bonds is 7. The van der Waals surface area contributed by atoms with Gasteiger partial charge in [0.05, 0.1) is 7.11 Å². The van der Waals surface area contributed by atoms with Crippen LogP contribution >= 0.6 is 11.5 Å². The number of anilines is 1. The monoisotopic (exact) mass is 440 g/mol. The van der Waals surface area contributed by atoms with Crippen LogP contribution in [-0.4, -0.2) is 42.0 Å². The number of amides is 1. The molecular formula is C23H25FN4O2S. The van der Waals surface area contributed by atoms with Crippen molar-refractivity contribution in [2.45, 2.75) is 19.3 Å². The minimum atomic E-state index is -0.399. The van der Waals surface area contributed by atoms with E-state index in [1.165, 1.54) is 23.7 Å². The van der Waals surface area contributed by atoms with Crippen LogP contribution in [0, 0.1) is 11.7 Å². The predicted molar refractivity (Wildman–Crippen MR) is 119 cm³/mol. The van der Waals surface area contributed by atoms with E-state index in [4.69, 9.17) is 9.72 Å². The number of piperidine rings is 1. The van der Waals surface area contributed by atoms with E-state index < -0.39 is 5.82 Å². The summed E-state index contributed by atoms with van der Waals surface area (Å²) < 4.78 is 23.1. The molecule has 1 aromatic heterocycles. The summed E-state index contributed by atoms with van der Waals surface area (Å²) in [6, 6.07) is 13.7. The van der Waals surface area contributed by atoms with Crippen molar-refractivity contribution in [2.24, 2.45) is 5.92 Å². The molecule has 0 aliphatic carbocycles. The third-order valence-corrected chi connectivity index (χ3v) is 6.29. The van der Waals surface area contributed by atoms with Gasteiger partial charge in [-0.2, -0.15) is 4.37 Å². The number of hydrogen-bond acceptors (Lipinski definition) is 6. The summed E-state index contributed by atoms with van der Waals surface area (Å²) >= 11 is 1.43. The predicted octanol–water partition coefficient (Wildman–Crippen LogP) is 3.92. The third kappa shape index (κ3) is 5.58. The van der Waals surface area contributed by atoms with E-state index in [2.05, 4.69) is 14.6 Å². The van der Waals surface area contributed by atoms with Crippen LogP contribution in [0.15, 0.2) is 48.5 Å². The minimum absolute atomic E-state index is 0.228. The van der Waals surface area contributed by atoms with Crippen molar-refractivity contribution in [2.75, 3.05) is 31.6 Å². The topological polar surface area (TPSA) is 67.3 Å². The fourth-order valence-corrected chi connectivity index (χ4v) is 4.44. The Hall–Kier alpha value is -3.00. The second-order valence-corrected chi connectivity index (χ2v) is 8.40. The molecule has 1 fully saturated rings. The van der Waals surface area contributed by atoms with Crippen molar-refractivity contribution in [1.29, 1.82) is 0 Å². The van der Waals surface area contributed by atoms with Crippen molar-refractivity contribution >= 4 is 22.6 Å². The van der Waals surface area contributed by atoms with E-state index >= 15 is 0 Å². The minimum Gasteiger partial charge on any atom is -0.497 e. The molecule has 1 aliphatic heterocycles. The summed E-state index contributed by atoms with van der Waals surface area (Å²) in [4.78, 5) is 19.2. The Balaban J connectivity index is 1.26. The Morgan fingerprint density at radius 2 is 2.03 bits per heavy atom. The maximum atomic E-state index is 13.3. The normalized spacial score (nSPS) is 14.5. The zero-order valence-corrected chi connectivity index (χ0v) is 18.2. The molecule has 1 saturated heterocycles. The molecule has 0 atom stereocenters. The molecule has 1 N–H and O–H groups in total. The molecule has 0 unspecified atom stereocenters. The second-order valence-electron chi connectivity index (χ2n) is 7.67. The van der Waals surface area contributed by atoms with E-state index in [0.29, 0.717) is 24.4 Å². The molecule has 162 valence electrons. The first-order valence-corrected chi connectivity index (χ1v) is 11.1. The molecule has 6 nitrogen and oxygen atoms in total. The summed E-state index contributed by atoms with van der Waals surface area (Å²) in [5, 5.41) is 3.88. The van der Waals surface area contributed by atoms with E-state index in [1.807, 2.05) is 24.3 Å². The number of nitrogens with one attached hydrogen (secondary N) is 1. The van der Waals surface area contributed by atoms with Crippen LogP contribution in [0.1, 0.15) is 34.6 Å². The lowest BCUT2D eigenvalue weighted by molar-refractivity contribution is 0.0944. The summed E-state index contributed by atoms with van der Waals surface area (Å²) in [7, 11) is 1.66. The van der Waals surface area contributed by atoms with Crippen LogP contribution in [0.2, 0.25) is 0 Å². The van der Waals surface area contributed by atoms with Gasteiger partial charge >= 0.3 is 0 Å². The Bertz CT molecular complexity index is 1030. The maximum Gasteiger partial charge on any atom is 0.251 e. The molecule has 2 heterocycles. The van der Waals surface area contributed by atoms with Gasteiger partial charge in [-0.25, -0.2) is 9.37 Å². The van der Waals surface area contributed by atoms with Gasteiger partial charge in [0.25, 0.3) is 5.91 Å². The molecule has 0 bridgehead atoms. The van der Waals surface area contributed by atoms with Gasteiger partial charge in [-0.1, -0.05) is 18.2 Å². The molecule has 0 radical (unpaired) electrons. The van der Waals surface area contributed by atoms with Gasteiger partial charge in [0.15, 0.2) is 0 Å². The molecule has 0 saturated carbocycles. The summed E-state index contributed by atoms with van der Waals surface area (Å²) in [5.74, 6) is 1.42. The molecule has 31 heavy (non-hydrogen) atoms. The van der Waals surface area contributed by atoms with Crippen LogP contribution in [0.5, 0.6) is 5.75 Å². The first kappa shape index (κ1) is 21.2. The highest BCUT2D eigenvalue weighted by molar-refractivity contribution is 7.09. The SMILES string of the molecule is COc1cccc(Cc2nsc(N3CCC(CNC(=O)c4cccc(F)c4)CC3)n2)c1. The van der Waals surface area contributed by atoms with Crippen molar-refractivity contribution in [1.82, 2.24) is 14.7 Å². The average Bonchev–Trinajstić information content (AvgIpc) is 3.26. The largest absolute Gasteiger partial charge is 0.497 e. The number of ether oxygens (including phenoxy) is 1. The van der Waals surface area contributed by atoms with Crippen LogP contribution in [-0.2, 0) is 6.42 Å². The lowest BCUT2D eigenvalue weighted by Crippen LogP contribution is -2.38. The van der Waals surface area contributed by atoms with Crippen LogP contribution in [0.3, 0.4) is 0 Å². The lowest BCUT2D eigenvalue weighted by atomic mass is 9.97. The number of benzene rings is 2. The van der Waals surface area contributed by atoms with Crippen molar-refractivity contribution < 1.29 is 13.9 Å². The van der Waals surface area contributed by atoms with E-state index in [1.54, 1.807) is 19.2 Å². The zero-order valence-electron chi connectivity index (χ0n) is 17.4. The quantitative estimate of drug-likeness (QED) is 0.603. The number of aromatic nitrogens is 2. The fourth-order valence-electron chi connectivity index (χ4n) is 3.71. The summed E-state index contributed by atoms with van der Waals surface area (Å²) in [6.45, 7) is 2.36. The molecule has 8 heteroatoms. The molecular weight excluding hydrogens is 415 g/mol. The van der Waals surface area contributed by atoms with Gasteiger partial charge in [0.1, 0.15) is 17.4 Å². The lowest BCUT2D eigenvalue weighted by Gasteiger charge is -2.31.